The second kappa shape index (κ2) is 6.10. The van der Waals surface area contributed by atoms with Crippen LogP contribution in [0.5, 0.6) is 0 Å². The molecule has 1 aliphatic rings. The van der Waals surface area contributed by atoms with Gasteiger partial charge in [0.15, 0.2) is 0 Å². The van der Waals surface area contributed by atoms with Crippen molar-refractivity contribution in [3.05, 3.63) is 0 Å². The molecule has 0 bridgehead atoms. The summed E-state index contributed by atoms with van der Waals surface area (Å²) in [6.45, 7) is 0.706. The van der Waals surface area contributed by atoms with Crippen LogP contribution in [0.25, 0.3) is 0 Å². The molecule has 86 valence electrons. The number of likely N-dealkylation sites (N-methyl/N-ethyl adjacent to an activating group) is 1. The highest BCUT2D eigenvalue weighted by Gasteiger charge is 2.38. The summed E-state index contributed by atoms with van der Waals surface area (Å²) in [5, 5.41) is 23.9. The summed E-state index contributed by atoms with van der Waals surface area (Å²) >= 11 is 0. The molecule has 15 heavy (non-hydrogen) atoms. The zero-order valence-corrected chi connectivity index (χ0v) is 9.07. The van der Waals surface area contributed by atoms with Crippen LogP contribution in [0.4, 0.5) is 0 Å². The molecule has 1 saturated heterocycles. The van der Waals surface area contributed by atoms with Gasteiger partial charge in [0.25, 0.3) is 7.48 Å². The van der Waals surface area contributed by atoms with Crippen LogP contribution in [0.15, 0.2) is 0 Å². The Bertz CT molecular complexity index is 216. The number of hydrogen-bond donors (Lipinski definition) is 4. The highest BCUT2D eigenvalue weighted by atomic mass is 16.4. The quantitative estimate of drug-likeness (QED) is 0.329. The van der Waals surface area contributed by atoms with Crippen molar-refractivity contribution in [2.45, 2.75) is 31.2 Å². The molecule has 1 fully saturated rings. The second-order valence-electron chi connectivity index (χ2n) is 4.00. The normalized spacial score (nSPS) is 30.4. The first kappa shape index (κ1) is 12.5. The van der Waals surface area contributed by atoms with Gasteiger partial charge in [0.1, 0.15) is 6.04 Å². The summed E-state index contributed by atoms with van der Waals surface area (Å²) in [7, 11) is 2.04. The lowest BCUT2D eigenvalue weighted by Crippen LogP contribution is -2.38. The summed E-state index contributed by atoms with van der Waals surface area (Å²) in [6, 6.07) is -0.217. The van der Waals surface area contributed by atoms with E-state index in [1.54, 1.807) is 0 Å². The van der Waals surface area contributed by atoms with Gasteiger partial charge in [-0.2, -0.15) is 0 Å². The molecule has 4 N–H and O–H groups in total. The largest absolute Gasteiger partial charge is 0.480 e. The van der Waals surface area contributed by atoms with E-state index in [-0.39, 0.29) is 19.4 Å². The summed E-state index contributed by atoms with van der Waals surface area (Å²) in [4.78, 5) is 11.0. The van der Waals surface area contributed by atoms with E-state index < -0.39 is 12.0 Å². The van der Waals surface area contributed by atoms with Gasteiger partial charge in [-0.05, 0) is 13.5 Å². The molecule has 0 spiro atoms. The van der Waals surface area contributed by atoms with E-state index in [0.717, 1.165) is 19.2 Å². The third kappa shape index (κ3) is 3.19. The van der Waals surface area contributed by atoms with Crippen LogP contribution in [0.2, 0.25) is 6.32 Å². The van der Waals surface area contributed by atoms with Crippen LogP contribution in [0.1, 0.15) is 12.8 Å². The van der Waals surface area contributed by atoms with Gasteiger partial charge in [0, 0.05) is 18.5 Å². The first-order valence-electron chi connectivity index (χ1n) is 5.45. The van der Waals surface area contributed by atoms with Crippen molar-refractivity contribution >= 4 is 13.5 Å². The fourth-order valence-corrected chi connectivity index (χ4v) is 2.24. The van der Waals surface area contributed by atoms with Gasteiger partial charge in [-0.15, -0.1) is 0 Å². The van der Waals surface area contributed by atoms with Crippen molar-refractivity contribution in [3.8, 4) is 0 Å². The predicted octanol–water partition coefficient (Wildman–Crippen LogP) is -1.21. The van der Waals surface area contributed by atoms with Gasteiger partial charge in [-0.25, -0.2) is 0 Å². The van der Waals surface area contributed by atoms with E-state index in [1.807, 2.05) is 7.05 Å². The molecule has 0 saturated carbocycles. The smallest absolute Gasteiger partial charge is 0.321 e. The monoisotopic (exact) mass is 214 g/mol. The lowest BCUT2D eigenvalue weighted by molar-refractivity contribution is -0.140. The molecule has 0 aliphatic carbocycles. The maximum atomic E-state index is 11.0. The highest BCUT2D eigenvalue weighted by Crippen LogP contribution is 2.22. The van der Waals surface area contributed by atoms with Crippen molar-refractivity contribution in [1.82, 2.24) is 10.6 Å². The fourth-order valence-electron chi connectivity index (χ4n) is 2.24. The first-order valence-corrected chi connectivity index (χ1v) is 5.45. The van der Waals surface area contributed by atoms with Gasteiger partial charge in [-0.3, -0.25) is 4.79 Å². The summed E-state index contributed by atoms with van der Waals surface area (Å²) in [5.74, 6) is -0.652. The van der Waals surface area contributed by atoms with E-state index in [1.165, 1.54) is 0 Å². The molecule has 0 unspecified atom stereocenters. The number of carbonyl (C=O) groups is 1. The number of nitrogens with one attached hydrogen (secondary N) is 2. The summed E-state index contributed by atoms with van der Waals surface area (Å²) in [5.41, 5.74) is 0. The minimum absolute atomic E-state index is 0.124. The standard InChI is InChI=1S/C9H19BN2O3/c1-11-7-5-12-8(9(13)14)6(7)3-2-4-10-15/h6-8,10-12,15H,2-5H2,1H3,(H,13,14)/t6-,7+,8+/m1/s1. The van der Waals surface area contributed by atoms with Crippen molar-refractivity contribution in [3.63, 3.8) is 0 Å². The molecule has 0 aromatic carbocycles. The molecule has 5 nitrogen and oxygen atoms in total. The third-order valence-corrected chi connectivity index (χ3v) is 3.09. The lowest BCUT2D eigenvalue weighted by atomic mass is 9.85. The molecule has 1 rings (SSSR count). The molecular formula is C9H19BN2O3. The molecule has 6 heteroatoms. The SMILES string of the molecule is CN[C@H]1CN[C@H](C(=O)O)[C@@H]1CCCBO. The minimum Gasteiger partial charge on any atom is -0.480 e. The number of carboxylic acids is 1. The number of hydrogen-bond acceptors (Lipinski definition) is 4. The summed E-state index contributed by atoms with van der Waals surface area (Å²) in [6.07, 6.45) is 2.47. The van der Waals surface area contributed by atoms with E-state index in [2.05, 4.69) is 10.6 Å². The van der Waals surface area contributed by atoms with Crippen molar-refractivity contribution in [1.29, 1.82) is 0 Å². The molecule has 0 amide bonds. The average molecular weight is 214 g/mol. The first-order chi connectivity index (χ1) is 7.20. The molecule has 0 aromatic rings. The topological polar surface area (TPSA) is 81.6 Å². The Balaban J connectivity index is 2.48. The molecule has 0 aromatic heterocycles. The Morgan fingerprint density at radius 1 is 1.67 bits per heavy atom. The van der Waals surface area contributed by atoms with Gasteiger partial charge in [-0.1, -0.05) is 12.7 Å². The predicted molar refractivity (Wildman–Crippen MR) is 59.2 cm³/mol. The van der Waals surface area contributed by atoms with E-state index in [4.69, 9.17) is 10.1 Å². The Labute approximate surface area is 90.5 Å². The van der Waals surface area contributed by atoms with Crippen LogP contribution < -0.4 is 10.6 Å². The molecule has 1 heterocycles. The Kier molecular flexibility index (Phi) is 5.07. The van der Waals surface area contributed by atoms with E-state index in [0.29, 0.717) is 6.54 Å². The van der Waals surface area contributed by atoms with Crippen LogP contribution in [-0.2, 0) is 4.79 Å². The molecule has 1 aliphatic heterocycles. The number of aliphatic carboxylic acids is 1. The molecule has 0 radical (unpaired) electrons. The van der Waals surface area contributed by atoms with E-state index >= 15 is 0 Å². The van der Waals surface area contributed by atoms with Gasteiger partial charge >= 0.3 is 5.97 Å². The van der Waals surface area contributed by atoms with Crippen LogP contribution in [0, 0.1) is 5.92 Å². The average Bonchev–Trinajstić information content (AvgIpc) is 2.61. The maximum absolute atomic E-state index is 11.0. The van der Waals surface area contributed by atoms with Crippen molar-refractivity contribution in [2.75, 3.05) is 13.6 Å². The minimum atomic E-state index is -0.776. The number of rotatable bonds is 6. The molecule has 3 atom stereocenters. The maximum Gasteiger partial charge on any atom is 0.321 e. The van der Waals surface area contributed by atoms with Gasteiger partial charge < -0.3 is 20.8 Å². The Morgan fingerprint density at radius 3 is 2.93 bits per heavy atom. The zero-order valence-electron chi connectivity index (χ0n) is 9.07. The van der Waals surface area contributed by atoms with E-state index in [9.17, 15) is 4.79 Å². The van der Waals surface area contributed by atoms with Crippen LogP contribution in [-0.4, -0.2) is 49.3 Å². The fraction of sp³-hybridized carbons (Fsp3) is 0.889. The zero-order chi connectivity index (χ0) is 11.3. The molecular weight excluding hydrogens is 195 g/mol. The Hall–Kier alpha value is -0.585. The van der Waals surface area contributed by atoms with Crippen molar-refractivity contribution < 1.29 is 14.9 Å². The second-order valence-corrected chi connectivity index (χ2v) is 4.00. The summed E-state index contributed by atoms with van der Waals surface area (Å²) < 4.78 is 0. The lowest BCUT2D eigenvalue weighted by Gasteiger charge is -2.20. The van der Waals surface area contributed by atoms with Crippen LogP contribution in [0.3, 0.4) is 0 Å². The van der Waals surface area contributed by atoms with Gasteiger partial charge in [0.2, 0.25) is 0 Å². The van der Waals surface area contributed by atoms with Crippen LogP contribution >= 0.6 is 0 Å². The highest BCUT2D eigenvalue weighted by molar-refractivity contribution is 6.25. The number of carboxylic acid groups (broad SMARTS) is 1. The van der Waals surface area contributed by atoms with Crippen molar-refractivity contribution in [2.24, 2.45) is 5.92 Å². The van der Waals surface area contributed by atoms with Gasteiger partial charge in [0.05, 0.1) is 0 Å². The Morgan fingerprint density at radius 2 is 2.40 bits per heavy atom. The third-order valence-electron chi connectivity index (χ3n) is 3.09.